The number of likely N-dealkylation sites (tertiary alicyclic amines) is 1. The number of aliphatic imine (C=N–C) groups is 1. The largest absolute Gasteiger partial charge is 0.385 e. The first-order valence-electron chi connectivity index (χ1n) is 8.91. The zero-order valence-electron chi connectivity index (χ0n) is 16.5. The highest BCUT2D eigenvalue weighted by atomic mass is 127. The molecule has 0 aromatic carbocycles. The van der Waals surface area contributed by atoms with Crippen molar-refractivity contribution >= 4 is 47.6 Å². The summed E-state index contributed by atoms with van der Waals surface area (Å²) in [6.07, 6.45) is 5.30. The molecule has 1 N–H and O–H groups in total. The van der Waals surface area contributed by atoms with E-state index in [2.05, 4.69) is 21.5 Å². The van der Waals surface area contributed by atoms with Gasteiger partial charge in [0.25, 0.3) is 0 Å². The van der Waals surface area contributed by atoms with Crippen LogP contribution in [-0.4, -0.2) is 100 Å². The van der Waals surface area contributed by atoms with Gasteiger partial charge in [0, 0.05) is 59.8 Å². The number of nitrogens with one attached hydrogen (secondary N) is 1. The number of methoxy groups -OCH3 is 1. The van der Waals surface area contributed by atoms with Crippen LogP contribution in [0.5, 0.6) is 0 Å². The molecule has 1 aliphatic heterocycles. The number of hydrogen-bond donors (Lipinski definition) is 1. The van der Waals surface area contributed by atoms with Crippen LogP contribution < -0.4 is 5.32 Å². The minimum atomic E-state index is 0. The Morgan fingerprint density at radius 2 is 2.00 bits per heavy atom. The van der Waals surface area contributed by atoms with Crippen LogP contribution in [-0.2, 0) is 14.3 Å². The van der Waals surface area contributed by atoms with E-state index in [4.69, 9.17) is 9.47 Å². The Bertz CT molecular complexity index is 405. The van der Waals surface area contributed by atoms with Gasteiger partial charge in [-0.1, -0.05) is 0 Å². The standard InChI is InChI=1S/C17H34N4O3S.HI/c1-20(2)16(22)14-19-17(18-8-13-25-4)21-9-6-15(7-10-21)24-12-5-11-23-3;/h15H,5-14H2,1-4H3,(H,18,19);1H. The van der Waals surface area contributed by atoms with Crippen molar-refractivity contribution in [2.75, 3.05) is 72.6 Å². The fourth-order valence-corrected chi connectivity index (χ4v) is 2.81. The third-order valence-corrected chi connectivity index (χ3v) is 4.65. The average Bonchev–Trinajstić information content (AvgIpc) is 2.62. The van der Waals surface area contributed by atoms with Gasteiger partial charge in [0.2, 0.25) is 5.91 Å². The lowest BCUT2D eigenvalue weighted by Crippen LogP contribution is -2.48. The highest BCUT2D eigenvalue weighted by Crippen LogP contribution is 2.14. The molecule has 0 aliphatic carbocycles. The smallest absolute Gasteiger partial charge is 0.243 e. The van der Waals surface area contributed by atoms with Gasteiger partial charge in [-0.2, -0.15) is 11.8 Å². The minimum Gasteiger partial charge on any atom is -0.385 e. The molecule has 0 spiro atoms. The first-order chi connectivity index (χ1) is 12.1. The van der Waals surface area contributed by atoms with E-state index in [0.717, 1.165) is 63.8 Å². The van der Waals surface area contributed by atoms with E-state index in [1.165, 1.54) is 0 Å². The Labute approximate surface area is 179 Å². The maximum atomic E-state index is 11.8. The molecule has 1 saturated heterocycles. The van der Waals surface area contributed by atoms with E-state index >= 15 is 0 Å². The molecule has 0 saturated carbocycles. The van der Waals surface area contributed by atoms with E-state index in [1.54, 1.807) is 37.9 Å². The van der Waals surface area contributed by atoms with Gasteiger partial charge in [-0.25, -0.2) is 4.99 Å². The number of ether oxygens (including phenoxy) is 2. The van der Waals surface area contributed by atoms with Crippen molar-refractivity contribution in [3.63, 3.8) is 0 Å². The number of guanidine groups is 1. The van der Waals surface area contributed by atoms with Crippen molar-refractivity contribution in [2.45, 2.75) is 25.4 Å². The van der Waals surface area contributed by atoms with E-state index in [0.29, 0.717) is 6.10 Å². The van der Waals surface area contributed by atoms with Crippen molar-refractivity contribution < 1.29 is 14.3 Å². The number of carbonyl (C=O) groups excluding carboxylic acids is 1. The molecule has 0 atom stereocenters. The van der Waals surface area contributed by atoms with Gasteiger partial charge in [0.1, 0.15) is 6.54 Å². The quantitative estimate of drug-likeness (QED) is 0.212. The Morgan fingerprint density at radius 3 is 2.58 bits per heavy atom. The number of piperidine rings is 1. The average molecular weight is 502 g/mol. The summed E-state index contributed by atoms with van der Waals surface area (Å²) in [6.45, 7) is 4.33. The monoisotopic (exact) mass is 502 g/mol. The van der Waals surface area contributed by atoms with Gasteiger partial charge in [-0.15, -0.1) is 24.0 Å². The molecule has 0 bridgehead atoms. The van der Waals surface area contributed by atoms with Gasteiger partial charge >= 0.3 is 0 Å². The van der Waals surface area contributed by atoms with Crippen LogP contribution in [0.3, 0.4) is 0 Å². The van der Waals surface area contributed by atoms with Crippen LogP contribution in [0, 0.1) is 0 Å². The predicted molar refractivity (Wildman–Crippen MR) is 120 cm³/mol. The number of rotatable bonds is 10. The summed E-state index contributed by atoms with van der Waals surface area (Å²) in [5.74, 6) is 1.86. The van der Waals surface area contributed by atoms with Crippen molar-refractivity contribution in [1.82, 2.24) is 15.1 Å². The fourth-order valence-electron chi connectivity index (χ4n) is 2.50. The summed E-state index contributed by atoms with van der Waals surface area (Å²) in [7, 11) is 5.22. The van der Waals surface area contributed by atoms with Crippen LogP contribution in [0.1, 0.15) is 19.3 Å². The maximum absolute atomic E-state index is 11.8. The minimum absolute atomic E-state index is 0. The van der Waals surface area contributed by atoms with Crippen molar-refractivity contribution in [3.05, 3.63) is 0 Å². The maximum Gasteiger partial charge on any atom is 0.243 e. The third kappa shape index (κ3) is 10.8. The molecular formula is C17H35IN4O3S. The lowest BCUT2D eigenvalue weighted by molar-refractivity contribution is -0.127. The highest BCUT2D eigenvalue weighted by molar-refractivity contribution is 14.0. The second-order valence-corrected chi connectivity index (χ2v) is 7.24. The Morgan fingerprint density at radius 1 is 1.31 bits per heavy atom. The van der Waals surface area contributed by atoms with Crippen LogP contribution in [0.4, 0.5) is 0 Å². The third-order valence-electron chi connectivity index (χ3n) is 4.04. The van der Waals surface area contributed by atoms with Crippen LogP contribution in [0.2, 0.25) is 0 Å². The topological polar surface area (TPSA) is 66.4 Å². The number of hydrogen-bond acceptors (Lipinski definition) is 5. The van der Waals surface area contributed by atoms with Crippen LogP contribution >= 0.6 is 35.7 Å². The molecule has 0 unspecified atom stereocenters. The van der Waals surface area contributed by atoms with Crippen LogP contribution in [0.25, 0.3) is 0 Å². The summed E-state index contributed by atoms with van der Waals surface area (Å²) in [4.78, 5) is 20.2. The molecule has 1 amide bonds. The van der Waals surface area contributed by atoms with E-state index < -0.39 is 0 Å². The molecule has 0 aromatic heterocycles. The number of carbonyl (C=O) groups is 1. The van der Waals surface area contributed by atoms with E-state index in [1.807, 2.05) is 0 Å². The predicted octanol–water partition coefficient (Wildman–Crippen LogP) is 1.52. The molecule has 1 heterocycles. The van der Waals surface area contributed by atoms with Gasteiger partial charge < -0.3 is 24.6 Å². The van der Waals surface area contributed by atoms with Gasteiger partial charge in [-0.05, 0) is 25.5 Å². The summed E-state index contributed by atoms with van der Waals surface area (Å²) in [5, 5.41) is 3.39. The molecule has 1 rings (SSSR count). The van der Waals surface area contributed by atoms with Gasteiger partial charge in [-0.3, -0.25) is 4.79 Å². The van der Waals surface area contributed by atoms with E-state index in [-0.39, 0.29) is 36.4 Å². The van der Waals surface area contributed by atoms with Crippen molar-refractivity contribution in [1.29, 1.82) is 0 Å². The zero-order valence-corrected chi connectivity index (χ0v) is 19.7. The van der Waals surface area contributed by atoms with Crippen molar-refractivity contribution in [3.8, 4) is 0 Å². The molecule has 0 aromatic rings. The lowest BCUT2D eigenvalue weighted by atomic mass is 10.1. The molecule has 26 heavy (non-hydrogen) atoms. The second-order valence-electron chi connectivity index (χ2n) is 6.25. The fraction of sp³-hybridized carbons (Fsp3) is 0.882. The Hall–Kier alpha value is -0.260. The summed E-state index contributed by atoms with van der Waals surface area (Å²) < 4.78 is 11.0. The Balaban J connectivity index is 0.00000625. The molecule has 7 nitrogen and oxygen atoms in total. The summed E-state index contributed by atoms with van der Waals surface area (Å²) in [5.41, 5.74) is 0. The van der Waals surface area contributed by atoms with Crippen LogP contribution in [0.15, 0.2) is 4.99 Å². The summed E-state index contributed by atoms with van der Waals surface area (Å²) >= 11 is 1.79. The highest BCUT2D eigenvalue weighted by Gasteiger charge is 2.22. The van der Waals surface area contributed by atoms with E-state index in [9.17, 15) is 4.79 Å². The van der Waals surface area contributed by atoms with Gasteiger partial charge in [0.05, 0.1) is 6.10 Å². The van der Waals surface area contributed by atoms with Gasteiger partial charge in [0.15, 0.2) is 5.96 Å². The number of likely N-dealkylation sites (N-methyl/N-ethyl adjacent to an activating group) is 1. The summed E-state index contributed by atoms with van der Waals surface area (Å²) in [6, 6.07) is 0. The molecule has 1 aliphatic rings. The lowest BCUT2D eigenvalue weighted by Gasteiger charge is -2.34. The normalized spacial score (nSPS) is 15.5. The zero-order chi connectivity index (χ0) is 18.5. The first-order valence-corrected chi connectivity index (χ1v) is 10.3. The molecular weight excluding hydrogens is 467 g/mol. The molecule has 9 heteroatoms. The number of halogens is 1. The second kappa shape index (κ2) is 15.8. The SMILES string of the molecule is COCCCOC1CCN(C(=NCC(=O)N(C)C)NCCSC)CC1.I. The number of nitrogens with zero attached hydrogens (tertiary/aromatic N) is 3. The molecule has 154 valence electrons. The Kier molecular flexibility index (Phi) is 15.6. The molecule has 1 fully saturated rings. The number of thioether (sulfide) groups is 1. The number of amides is 1. The molecule has 0 radical (unpaired) electrons. The van der Waals surface area contributed by atoms with Crippen molar-refractivity contribution in [2.24, 2.45) is 4.99 Å². The first kappa shape index (κ1) is 25.7.